The summed E-state index contributed by atoms with van der Waals surface area (Å²) in [5.74, 6) is 0.946. The van der Waals surface area contributed by atoms with Crippen LogP contribution in [0.25, 0.3) is 11.4 Å². The Kier molecular flexibility index (Phi) is 4.74. The molecule has 0 saturated carbocycles. The molecule has 2 aromatic heterocycles. The first-order chi connectivity index (χ1) is 12.6. The molecule has 1 aliphatic heterocycles. The number of nitrogens with zero attached hydrogens (tertiary/aromatic N) is 3. The van der Waals surface area contributed by atoms with E-state index in [1.54, 1.807) is 11.3 Å². The van der Waals surface area contributed by atoms with E-state index < -0.39 is 0 Å². The largest absolute Gasteiger partial charge is 0.338 e. The van der Waals surface area contributed by atoms with E-state index in [0.717, 1.165) is 30.9 Å². The first-order valence-corrected chi connectivity index (χ1v) is 9.96. The average Bonchev–Trinajstić information content (AvgIpc) is 3.26. The maximum atomic E-state index is 12.7. The Morgan fingerprint density at radius 1 is 1.31 bits per heavy atom. The molecule has 0 fully saturated rings. The SMILES string of the molecule is Cc1ccc(-c2n[nH]c(=S)n2CCC(=O)N2CCc3sccc3C2)cc1. The molecular formula is C19H20N4OS2. The van der Waals surface area contributed by atoms with Gasteiger partial charge in [0.1, 0.15) is 0 Å². The molecular weight excluding hydrogens is 364 g/mol. The number of carbonyl (C=O) groups is 1. The number of carbonyl (C=O) groups excluding carboxylic acids is 1. The van der Waals surface area contributed by atoms with Gasteiger partial charge >= 0.3 is 0 Å². The van der Waals surface area contributed by atoms with Crippen LogP contribution >= 0.6 is 23.6 Å². The summed E-state index contributed by atoms with van der Waals surface area (Å²) in [5, 5.41) is 9.32. The molecule has 0 spiro atoms. The summed E-state index contributed by atoms with van der Waals surface area (Å²) in [6.45, 7) is 4.11. The first kappa shape index (κ1) is 17.2. The third kappa shape index (κ3) is 3.37. The molecule has 7 heteroatoms. The Balaban J connectivity index is 1.47. The number of aromatic nitrogens is 3. The smallest absolute Gasteiger partial charge is 0.224 e. The molecule has 1 amide bonds. The quantitative estimate of drug-likeness (QED) is 0.693. The highest BCUT2D eigenvalue weighted by Gasteiger charge is 2.21. The van der Waals surface area contributed by atoms with E-state index in [0.29, 0.717) is 17.7 Å². The van der Waals surface area contributed by atoms with E-state index >= 15 is 0 Å². The molecule has 1 aliphatic rings. The van der Waals surface area contributed by atoms with Crippen molar-refractivity contribution >= 4 is 29.5 Å². The van der Waals surface area contributed by atoms with Crippen LogP contribution in [0.2, 0.25) is 0 Å². The lowest BCUT2D eigenvalue weighted by Crippen LogP contribution is -2.35. The van der Waals surface area contributed by atoms with E-state index in [2.05, 4.69) is 40.7 Å². The number of aryl methyl sites for hydroxylation is 1. The van der Waals surface area contributed by atoms with Crippen molar-refractivity contribution in [3.8, 4) is 11.4 Å². The van der Waals surface area contributed by atoms with Gasteiger partial charge < -0.3 is 4.90 Å². The van der Waals surface area contributed by atoms with Crippen molar-refractivity contribution in [3.63, 3.8) is 0 Å². The predicted octanol–water partition coefficient (Wildman–Crippen LogP) is 3.95. The first-order valence-electron chi connectivity index (χ1n) is 8.67. The number of benzene rings is 1. The van der Waals surface area contributed by atoms with Crippen molar-refractivity contribution in [2.24, 2.45) is 0 Å². The molecule has 3 aromatic rings. The van der Waals surface area contributed by atoms with Gasteiger partial charge in [-0.15, -0.1) is 11.3 Å². The highest BCUT2D eigenvalue weighted by atomic mass is 32.1. The Morgan fingerprint density at radius 2 is 2.12 bits per heavy atom. The molecule has 0 radical (unpaired) electrons. The number of fused-ring (bicyclic) bond motifs is 1. The van der Waals surface area contributed by atoms with Crippen molar-refractivity contribution in [1.82, 2.24) is 19.7 Å². The molecule has 5 nitrogen and oxygen atoms in total. The third-order valence-corrected chi connectivity index (χ3v) is 6.11. The zero-order chi connectivity index (χ0) is 18.1. The molecule has 0 aliphatic carbocycles. The van der Waals surface area contributed by atoms with Crippen LogP contribution in [-0.4, -0.2) is 32.1 Å². The van der Waals surface area contributed by atoms with Crippen LogP contribution in [0.15, 0.2) is 35.7 Å². The number of rotatable bonds is 4. The minimum atomic E-state index is 0.166. The van der Waals surface area contributed by atoms with Crippen LogP contribution in [0.3, 0.4) is 0 Å². The van der Waals surface area contributed by atoms with Crippen LogP contribution < -0.4 is 0 Å². The zero-order valence-corrected chi connectivity index (χ0v) is 16.2. The van der Waals surface area contributed by atoms with Crippen molar-refractivity contribution in [2.75, 3.05) is 6.54 Å². The number of amides is 1. The highest BCUT2D eigenvalue weighted by molar-refractivity contribution is 7.71. The molecule has 0 atom stereocenters. The predicted molar refractivity (Wildman–Crippen MR) is 106 cm³/mol. The van der Waals surface area contributed by atoms with Gasteiger partial charge in [0.05, 0.1) is 0 Å². The van der Waals surface area contributed by atoms with Crippen LogP contribution in [0.5, 0.6) is 0 Å². The van der Waals surface area contributed by atoms with Gasteiger partial charge in [-0.1, -0.05) is 29.8 Å². The number of aromatic amines is 1. The van der Waals surface area contributed by atoms with Crippen LogP contribution in [0.1, 0.15) is 22.4 Å². The second kappa shape index (κ2) is 7.17. The van der Waals surface area contributed by atoms with E-state index in [1.165, 1.54) is 16.0 Å². The minimum Gasteiger partial charge on any atom is -0.338 e. The average molecular weight is 385 g/mol. The van der Waals surface area contributed by atoms with Crippen molar-refractivity contribution in [2.45, 2.75) is 32.9 Å². The Morgan fingerprint density at radius 3 is 2.92 bits per heavy atom. The topological polar surface area (TPSA) is 53.9 Å². The van der Waals surface area contributed by atoms with Crippen molar-refractivity contribution in [3.05, 3.63) is 56.5 Å². The molecule has 1 N–H and O–H groups in total. The summed E-state index contributed by atoms with van der Waals surface area (Å²) in [5.41, 5.74) is 3.48. The summed E-state index contributed by atoms with van der Waals surface area (Å²) in [6, 6.07) is 10.3. The fourth-order valence-corrected chi connectivity index (χ4v) is 4.39. The molecule has 26 heavy (non-hydrogen) atoms. The summed E-state index contributed by atoms with van der Waals surface area (Å²) in [6.07, 6.45) is 1.38. The van der Waals surface area contributed by atoms with Gasteiger partial charge in [-0.05, 0) is 42.6 Å². The number of hydrogen-bond acceptors (Lipinski definition) is 4. The highest BCUT2D eigenvalue weighted by Crippen LogP contribution is 2.24. The minimum absolute atomic E-state index is 0.166. The maximum absolute atomic E-state index is 12.7. The third-order valence-electron chi connectivity index (χ3n) is 4.78. The fourth-order valence-electron chi connectivity index (χ4n) is 3.28. The second-order valence-corrected chi connectivity index (χ2v) is 7.94. The van der Waals surface area contributed by atoms with Crippen LogP contribution in [0.4, 0.5) is 0 Å². The van der Waals surface area contributed by atoms with Gasteiger partial charge in [-0.2, -0.15) is 5.10 Å². The van der Waals surface area contributed by atoms with Crippen LogP contribution in [0, 0.1) is 11.7 Å². The Labute approximate surface area is 161 Å². The van der Waals surface area contributed by atoms with Gasteiger partial charge in [-0.3, -0.25) is 14.5 Å². The van der Waals surface area contributed by atoms with E-state index in [-0.39, 0.29) is 5.91 Å². The van der Waals surface area contributed by atoms with E-state index in [1.807, 2.05) is 21.6 Å². The molecule has 1 aromatic carbocycles. The maximum Gasteiger partial charge on any atom is 0.224 e. The van der Waals surface area contributed by atoms with E-state index in [9.17, 15) is 4.79 Å². The monoisotopic (exact) mass is 384 g/mol. The second-order valence-electron chi connectivity index (χ2n) is 6.55. The summed E-state index contributed by atoms with van der Waals surface area (Å²) in [4.78, 5) is 16.0. The molecule has 3 heterocycles. The van der Waals surface area contributed by atoms with Crippen molar-refractivity contribution < 1.29 is 4.79 Å². The summed E-state index contributed by atoms with van der Waals surface area (Å²) >= 11 is 7.15. The molecule has 0 saturated heterocycles. The molecule has 0 unspecified atom stereocenters. The zero-order valence-electron chi connectivity index (χ0n) is 14.6. The lowest BCUT2D eigenvalue weighted by atomic mass is 10.1. The number of hydrogen-bond donors (Lipinski definition) is 1. The standard InChI is InChI=1S/C19H20N4OS2/c1-13-2-4-14(5-3-13)18-20-21-19(25)23(18)10-7-17(24)22-9-6-16-15(12-22)8-11-26-16/h2-5,8,11H,6-7,9-10,12H2,1H3,(H,21,25). The van der Waals surface area contributed by atoms with Gasteiger partial charge in [0.15, 0.2) is 10.6 Å². The lowest BCUT2D eigenvalue weighted by Gasteiger charge is -2.27. The Hall–Kier alpha value is -2.25. The molecule has 134 valence electrons. The molecule has 4 rings (SSSR count). The van der Waals surface area contributed by atoms with Gasteiger partial charge in [0, 0.05) is 36.5 Å². The van der Waals surface area contributed by atoms with Gasteiger partial charge in [0.25, 0.3) is 0 Å². The van der Waals surface area contributed by atoms with Gasteiger partial charge in [0.2, 0.25) is 5.91 Å². The normalized spacial score (nSPS) is 13.7. The fraction of sp³-hybridized carbons (Fsp3) is 0.316. The van der Waals surface area contributed by atoms with Crippen molar-refractivity contribution in [1.29, 1.82) is 0 Å². The van der Waals surface area contributed by atoms with Gasteiger partial charge in [-0.25, -0.2) is 0 Å². The number of nitrogens with one attached hydrogen (secondary N) is 1. The summed E-state index contributed by atoms with van der Waals surface area (Å²) in [7, 11) is 0. The Bertz CT molecular complexity index is 984. The molecule has 0 bridgehead atoms. The van der Waals surface area contributed by atoms with Crippen LogP contribution in [-0.2, 0) is 24.3 Å². The van der Waals surface area contributed by atoms with E-state index in [4.69, 9.17) is 12.2 Å². The lowest BCUT2D eigenvalue weighted by molar-refractivity contribution is -0.132. The number of H-pyrrole nitrogens is 1. The number of thiophene rings is 1. The summed E-state index contributed by atoms with van der Waals surface area (Å²) < 4.78 is 2.46.